The second kappa shape index (κ2) is 6.42. The van der Waals surface area contributed by atoms with Crippen LogP contribution in [0.5, 0.6) is 0 Å². The lowest BCUT2D eigenvalue weighted by Crippen LogP contribution is -2.18. The summed E-state index contributed by atoms with van der Waals surface area (Å²) >= 11 is 3.62. The minimum absolute atomic E-state index is 0.312. The summed E-state index contributed by atoms with van der Waals surface area (Å²) in [5.74, 6) is 0. The van der Waals surface area contributed by atoms with Gasteiger partial charge in [-0.25, -0.2) is 0 Å². The highest BCUT2D eigenvalue weighted by molar-refractivity contribution is 9.10. The smallest absolute Gasteiger partial charge is 0.0306 e. The monoisotopic (exact) mass is 339 g/mol. The van der Waals surface area contributed by atoms with Crippen LogP contribution in [-0.4, -0.2) is 0 Å². The van der Waals surface area contributed by atoms with Gasteiger partial charge in [0.15, 0.2) is 0 Å². The van der Waals surface area contributed by atoms with Gasteiger partial charge < -0.3 is 5.32 Å². The molecule has 0 saturated heterocycles. The topological polar surface area (TPSA) is 12.0 Å². The van der Waals surface area contributed by atoms with Crippen molar-refractivity contribution in [1.29, 1.82) is 0 Å². The number of fused-ring (bicyclic) bond motifs is 1. The predicted octanol–water partition coefficient (Wildman–Crippen LogP) is 5.45. The van der Waals surface area contributed by atoms with Crippen molar-refractivity contribution in [2.75, 3.05) is 0 Å². The molecule has 2 heteroatoms. The molecular weight excluding hydrogens is 322 g/mol. The van der Waals surface area contributed by atoms with Gasteiger partial charge in [-0.05, 0) is 41.0 Å². The van der Waals surface area contributed by atoms with Gasteiger partial charge in [0.25, 0.3) is 0 Å². The number of hydrogen-bond acceptors (Lipinski definition) is 1. The van der Waals surface area contributed by atoms with E-state index in [0.29, 0.717) is 6.04 Å². The Morgan fingerprint density at radius 2 is 1.62 bits per heavy atom. The molecule has 0 saturated carbocycles. The van der Waals surface area contributed by atoms with Crippen LogP contribution < -0.4 is 5.32 Å². The molecule has 0 aliphatic rings. The summed E-state index contributed by atoms with van der Waals surface area (Å²) in [4.78, 5) is 0. The maximum atomic E-state index is 3.62. The van der Waals surface area contributed by atoms with Gasteiger partial charge in [-0.1, -0.05) is 70.5 Å². The zero-order valence-corrected chi connectivity index (χ0v) is 13.6. The maximum absolute atomic E-state index is 3.62. The van der Waals surface area contributed by atoms with E-state index in [0.717, 1.165) is 11.0 Å². The highest BCUT2D eigenvalue weighted by Gasteiger charge is 2.08. The molecule has 106 valence electrons. The van der Waals surface area contributed by atoms with E-state index in [1.54, 1.807) is 0 Å². The van der Waals surface area contributed by atoms with Crippen LogP contribution in [0.25, 0.3) is 10.8 Å². The van der Waals surface area contributed by atoms with Crippen molar-refractivity contribution in [3.8, 4) is 0 Å². The Kier molecular flexibility index (Phi) is 4.37. The molecule has 0 spiro atoms. The molecule has 0 aromatic heterocycles. The zero-order valence-electron chi connectivity index (χ0n) is 12.0. The molecule has 0 radical (unpaired) electrons. The Bertz CT molecular complexity index is 751. The average Bonchev–Trinajstić information content (AvgIpc) is 2.53. The molecule has 0 aliphatic heterocycles. The third-order valence-corrected chi connectivity index (χ3v) is 4.52. The summed E-state index contributed by atoms with van der Waals surface area (Å²) in [7, 11) is 0. The van der Waals surface area contributed by atoms with E-state index in [1.807, 2.05) is 6.07 Å². The molecule has 0 aliphatic carbocycles. The first-order valence-electron chi connectivity index (χ1n) is 7.19. The Labute approximate surface area is 134 Å². The molecule has 3 rings (SSSR count). The Morgan fingerprint density at radius 1 is 0.905 bits per heavy atom. The molecule has 0 bridgehead atoms. The summed E-state index contributed by atoms with van der Waals surface area (Å²) in [5.41, 5.74) is 2.60. The van der Waals surface area contributed by atoms with E-state index in [2.05, 4.69) is 88.8 Å². The Hall–Kier alpha value is -1.64. The van der Waals surface area contributed by atoms with Crippen molar-refractivity contribution in [3.05, 3.63) is 82.3 Å². The van der Waals surface area contributed by atoms with Crippen molar-refractivity contribution < 1.29 is 0 Å². The van der Waals surface area contributed by atoms with Crippen LogP contribution in [0.3, 0.4) is 0 Å². The van der Waals surface area contributed by atoms with E-state index < -0.39 is 0 Å². The second-order valence-electron chi connectivity index (χ2n) is 5.31. The van der Waals surface area contributed by atoms with Crippen LogP contribution in [-0.2, 0) is 6.54 Å². The fourth-order valence-corrected chi connectivity index (χ4v) is 3.18. The molecule has 1 N–H and O–H groups in total. The summed E-state index contributed by atoms with van der Waals surface area (Å²) in [5, 5.41) is 6.18. The van der Waals surface area contributed by atoms with Gasteiger partial charge in [0, 0.05) is 17.1 Å². The minimum Gasteiger partial charge on any atom is -0.306 e. The van der Waals surface area contributed by atoms with Crippen molar-refractivity contribution in [2.45, 2.75) is 19.5 Å². The lowest BCUT2D eigenvalue weighted by molar-refractivity contribution is 0.573. The molecule has 3 aromatic carbocycles. The summed E-state index contributed by atoms with van der Waals surface area (Å²) in [6, 6.07) is 23.8. The largest absolute Gasteiger partial charge is 0.306 e. The van der Waals surface area contributed by atoms with Crippen LogP contribution in [0, 0.1) is 0 Å². The van der Waals surface area contributed by atoms with E-state index in [9.17, 15) is 0 Å². The number of benzene rings is 3. The minimum atomic E-state index is 0.312. The highest BCUT2D eigenvalue weighted by Crippen LogP contribution is 2.23. The van der Waals surface area contributed by atoms with Crippen molar-refractivity contribution >= 4 is 26.7 Å². The first-order chi connectivity index (χ1) is 10.2. The van der Waals surface area contributed by atoms with Gasteiger partial charge in [-0.3, -0.25) is 0 Å². The molecule has 21 heavy (non-hydrogen) atoms. The first kappa shape index (κ1) is 14.3. The van der Waals surface area contributed by atoms with Gasteiger partial charge in [-0.15, -0.1) is 0 Å². The zero-order chi connectivity index (χ0) is 14.7. The fourth-order valence-electron chi connectivity index (χ4n) is 2.56. The van der Waals surface area contributed by atoms with E-state index in [4.69, 9.17) is 0 Å². The second-order valence-corrected chi connectivity index (χ2v) is 6.16. The maximum Gasteiger partial charge on any atom is 0.0306 e. The first-order valence-corrected chi connectivity index (χ1v) is 7.99. The van der Waals surface area contributed by atoms with E-state index in [1.165, 1.54) is 21.9 Å². The molecule has 1 atom stereocenters. The SMILES string of the molecule is C[C@@H](NCc1ccc2ccccc2c1)c1ccccc1Br. The van der Waals surface area contributed by atoms with Crippen molar-refractivity contribution in [2.24, 2.45) is 0 Å². The predicted molar refractivity (Wildman–Crippen MR) is 93.3 cm³/mol. The average molecular weight is 340 g/mol. The molecule has 3 aromatic rings. The molecular formula is C19H18BrN. The Balaban J connectivity index is 1.73. The van der Waals surface area contributed by atoms with Gasteiger partial charge in [0.1, 0.15) is 0 Å². The molecule has 0 amide bonds. The normalized spacial score (nSPS) is 12.5. The summed E-state index contributed by atoms with van der Waals surface area (Å²) in [6.45, 7) is 3.06. The summed E-state index contributed by atoms with van der Waals surface area (Å²) in [6.07, 6.45) is 0. The van der Waals surface area contributed by atoms with Crippen LogP contribution >= 0.6 is 15.9 Å². The third-order valence-electron chi connectivity index (χ3n) is 3.80. The standard InChI is InChI=1S/C19H18BrN/c1-14(18-8-4-5-9-19(18)20)21-13-15-10-11-16-6-2-3-7-17(16)12-15/h2-12,14,21H,13H2,1H3/t14-/m1/s1. The number of rotatable bonds is 4. The van der Waals surface area contributed by atoms with Crippen LogP contribution in [0.2, 0.25) is 0 Å². The van der Waals surface area contributed by atoms with Gasteiger partial charge in [-0.2, -0.15) is 0 Å². The molecule has 1 nitrogen and oxygen atoms in total. The van der Waals surface area contributed by atoms with Crippen molar-refractivity contribution in [1.82, 2.24) is 5.32 Å². The van der Waals surface area contributed by atoms with Crippen LogP contribution in [0.1, 0.15) is 24.1 Å². The van der Waals surface area contributed by atoms with Gasteiger partial charge >= 0.3 is 0 Å². The molecule has 0 fully saturated rings. The highest BCUT2D eigenvalue weighted by atomic mass is 79.9. The van der Waals surface area contributed by atoms with Gasteiger partial charge in [0.2, 0.25) is 0 Å². The number of nitrogens with one attached hydrogen (secondary N) is 1. The van der Waals surface area contributed by atoms with Crippen LogP contribution in [0.4, 0.5) is 0 Å². The third kappa shape index (κ3) is 3.34. The fraction of sp³-hybridized carbons (Fsp3) is 0.158. The van der Waals surface area contributed by atoms with Crippen LogP contribution in [0.15, 0.2) is 71.2 Å². The lowest BCUT2D eigenvalue weighted by atomic mass is 10.1. The Morgan fingerprint density at radius 3 is 2.43 bits per heavy atom. The molecule has 0 heterocycles. The van der Waals surface area contributed by atoms with E-state index in [-0.39, 0.29) is 0 Å². The summed E-state index contributed by atoms with van der Waals surface area (Å²) < 4.78 is 1.16. The quantitative estimate of drug-likeness (QED) is 0.666. The number of hydrogen-bond donors (Lipinski definition) is 1. The van der Waals surface area contributed by atoms with Crippen molar-refractivity contribution in [3.63, 3.8) is 0 Å². The number of halogens is 1. The lowest BCUT2D eigenvalue weighted by Gasteiger charge is -2.16. The molecule has 0 unspecified atom stereocenters. The van der Waals surface area contributed by atoms with E-state index >= 15 is 0 Å². The van der Waals surface area contributed by atoms with Gasteiger partial charge in [0.05, 0.1) is 0 Å².